The van der Waals surface area contributed by atoms with Crippen molar-refractivity contribution in [2.24, 2.45) is 0 Å². The molecule has 0 N–H and O–H groups in total. The van der Waals surface area contributed by atoms with Crippen molar-refractivity contribution in [2.75, 3.05) is 0 Å². The molecule has 50 heavy (non-hydrogen) atoms. The summed E-state index contributed by atoms with van der Waals surface area (Å²) in [5.74, 6) is 0. The van der Waals surface area contributed by atoms with Gasteiger partial charge in [0.2, 0.25) is 0 Å². The number of hydrogen-bond acceptors (Lipinski definition) is 0. The molecule has 5 heteroatoms. The van der Waals surface area contributed by atoms with E-state index in [-0.39, 0.29) is 5.41 Å². The van der Waals surface area contributed by atoms with Crippen LogP contribution in [0, 0.1) is 0 Å². The molecule has 232 valence electrons. The van der Waals surface area contributed by atoms with E-state index >= 15 is 0 Å². The summed E-state index contributed by atoms with van der Waals surface area (Å²) in [6.45, 7) is 4.76. The lowest BCUT2D eigenvalue weighted by Crippen LogP contribution is -2.55. The number of benzene rings is 8. The first-order valence-electron chi connectivity index (χ1n) is 18.0. The number of fused-ring (bicyclic) bond motifs is 6. The van der Waals surface area contributed by atoms with E-state index in [0.29, 0.717) is 0 Å². The second-order valence-corrected chi connectivity index (χ2v) is 15.0. The second kappa shape index (κ2) is 11.2. The van der Waals surface area contributed by atoms with Crippen LogP contribution in [0.4, 0.5) is 0 Å². The smallest absolute Gasteiger partial charge is 0.102 e. The second-order valence-electron chi connectivity index (χ2n) is 15.0. The van der Waals surface area contributed by atoms with E-state index in [9.17, 15) is 0 Å². The van der Waals surface area contributed by atoms with E-state index in [2.05, 4.69) is 180 Å². The fourth-order valence-corrected chi connectivity index (χ4v) is 9.17. The molecule has 0 amide bonds. The molecule has 0 heterocycles. The van der Waals surface area contributed by atoms with Gasteiger partial charge in [0.1, 0.15) is 39.2 Å². The average molecular weight is 632 g/mol. The van der Waals surface area contributed by atoms with E-state index < -0.39 is 0 Å². The topological polar surface area (TPSA) is 0 Å². The fraction of sp³-hybridized carbons (Fsp3) is 0.0667. The summed E-state index contributed by atoms with van der Waals surface area (Å²) in [4.78, 5) is 0. The Labute approximate surface area is 300 Å². The van der Waals surface area contributed by atoms with Gasteiger partial charge in [-0.25, -0.2) is 0 Å². The van der Waals surface area contributed by atoms with Crippen molar-refractivity contribution in [2.45, 2.75) is 19.3 Å². The molecule has 0 aliphatic heterocycles. The zero-order chi connectivity index (χ0) is 34.5. The monoisotopic (exact) mass is 632 g/mol. The van der Waals surface area contributed by atoms with Gasteiger partial charge in [0.15, 0.2) is 0 Å². The summed E-state index contributed by atoms with van der Waals surface area (Å²) >= 11 is 0. The van der Waals surface area contributed by atoms with Gasteiger partial charge >= 0.3 is 0 Å². The first-order valence-corrected chi connectivity index (χ1v) is 18.0. The van der Waals surface area contributed by atoms with Crippen LogP contribution < -0.4 is 27.3 Å². The minimum absolute atomic E-state index is 0.0696. The molecule has 0 aromatic heterocycles. The van der Waals surface area contributed by atoms with E-state index in [1.54, 1.807) is 0 Å². The molecule has 0 radical (unpaired) electrons. The molecule has 0 fully saturated rings. The molecular weight excluding hydrogens is 595 g/mol. The quantitative estimate of drug-likeness (QED) is 0.206. The zero-order valence-electron chi connectivity index (χ0n) is 30.1. The van der Waals surface area contributed by atoms with Crippen LogP contribution in [0.15, 0.2) is 127 Å². The Morgan fingerprint density at radius 3 is 1.64 bits per heavy atom. The van der Waals surface area contributed by atoms with Crippen molar-refractivity contribution in [1.82, 2.24) is 0 Å². The maximum Gasteiger partial charge on any atom is 0.139 e. The first kappa shape index (κ1) is 30.9. The molecule has 0 spiro atoms. The van der Waals surface area contributed by atoms with Crippen LogP contribution in [0.25, 0.3) is 76.8 Å². The molecule has 0 unspecified atom stereocenters. The third-order valence-corrected chi connectivity index (χ3v) is 12.2. The van der Waals surface area contributed by atoms with Crippen molar-refractivity contribution >= 4 is 98.9 Å². The molecule has 1 aliphatic rings. The predicted molar refractivity (Wildman–Crippen MR) is 234 cm³/mol. The van der Waals surface area contributed by atoms with Crippen LogP contribution in [0.3, 0.4) is 0 Å². The van der Waals surface area contributed by atoms with Crippen LogP contribution >= 0.6 is 0 Å². The largest absolute Gasteiger partial charge is 0.139 e. The van der Waals surface area contributed by atoms with Gasteiger partial charge in [0, 0.05) is 5.41 Å². The molecule has 8 aromatic rings. The van der Waals surface area contributed by atoms with Gasteiger partial charge < -0.3 is 0 Å². The predicted octanol–water partition coefficient (Wildman–Crippen LogP) is 3.75. The summed E-state index contributed by atoms with van der Waals surface area (Å²) in [5.41, 5.74) is 20.2. The van der Waals surface area contributed by atoms with Gasteiger partial charge in [0.25, 0.3) is 0 Å². The van der Waals surface area contributed by atoms with Crippen molar-refractivity contribution in [3.05, 3.63) is 139 Å². The normalized spacial score (nSPS) is 13.2. The summed E-state index contributed by atoms with van der Waals surface area (Å²) in [6, 6.07) is 48.1. The average Bonchev–Trinajstić information content (AvgIpc) is 3.37. The lowest BCUT2D eigenvalue weighted by atomic mass is 9.59. The summed E-state index contributed by atoms with van der Waals surface area (Å²) < 4.78 is 0. The third-order valence-electron chi connectivity index (χ3n) is 12.2. The maximum atomic E-state index is 2.50. The van der Waals surface area contributed by atoms with Crippen molar-refractivity contribution in [3.63, 3.8) is 0 Å². The summed E-state index contributed by atoms with van der Waals surface area (Å²) in [5, 5.41) is 7.71. The Hall–Kier alpha value is -5.14. The minimum Gasteiger partial charge on any atom is -0.102 e. The maximum absolute atomic E-state index is 2.50. The zero-order valence-corrected chi connectivity index (χ0v) is 30.1. The molecule has 0 saturated carbocycles. The van der Waals surface area contributed by atoms with E-state index in [1.165, 1.54) is 115 Å². The van der Waals surface area contributed by atoms with Crippen LogP contribution in [-0.2, 0) is 5.41 Å². The lowest BCUT2D eigenvalue weighted by Gasteiger charge is -2.24. The van der Waals surface area contributed by atoms with Gasteiger partial charge in [-0.3, -0.25) is 0 Å². The molecule has 0 nitrogen and oxygen atoms in total. The third kappa shape index (κ3) is 4.32. The summed E-state index contributed by atoms with van der Waals surface area (Å²) in [6.07, 6.45) is 0. The highest BCUT2D eigenvalue weighted by atomic mass is 14.4. The molecule has 0 atom stereocenters. The number of rotatable bonds is 3. The van der Waals surface area contributed by atoms with Crippen molar-refractivity contribution < 1.29 is 0 Å². The highest BCUT2D eigenvalue weighted by Crippen LogP contribution is 2.51. The Balaban J connectivity index is 1.42. The van der Waals surface area contributed by atoms with Crippen molar-refractivity contribution in [1.29, 1.82) is 0 Å². The molecule has 8 aromatic carbocycles. The minimum atomic E-state index is -0.0696. The highest BCUT2D eigenvalue weighted by Gasteiger charge is 2.35. The van der Waals surface area contributed by atoms with Gasteiger partial charge in [-0.2, -0.15) is 0 Å². The molecule has 9 rings (SSSR count). The Morgan fingerprint density at radius 1 is 0.360 bits per heavy atom. The molecule has 1 aliphatic carbocycles. The lowest BCUT2D eigenvalue weighted by molar-refractivity contribution is 0.660. The Kier molecular flexibility index (Phi) is 6.91. The van der Waals surface area contributed by atoms with Gasteiger partial charge in [-0.05, 0) is 100 Å². The molecule has 0 saturated heterocycles. The van der Waals surface area contributed by atoms with Gasteiger partial charge in [-0.15, -0.1) is 16.4 Å². The first-order chi connectivity index (χ1) is 24.2. The molecular formula is C45H37B5. The van der Waals surface area contributed by atoms with E-state index in [0.717, 1.165) is 0 Å². The van der Waals surface area contributed by atoms with E-state index in [1.807, 2.05) is 0 Å². The van der Waals surface area contributed by atoms with Crippen LogP contribution in [0.1, 0.15) is 25.0 Å². The molecule has 0 bridgehead atoms. The summed E-state index contributed by atoms with van der Waals surface area (Å²) in [7, 11) is 11.4. The number of hydrogen-bond donors (Lipinski definition) is 0. The SMILES string of the molecule is Bc1c(B)c(B)c(-c2ccc3c(-c4ccc5c(c4)C(C)(C)c4ccccc4-5)c4ccccc4c(-c4cccc5ccccc45)c3c2)c(B)c1B. The van der Waals surface area contributed by atoms with Gasteiger partial charge in [-0.1, -0.05) is 140 Å². The highest BCUT2D eigenvalue weighted by molar-refractivity contribution is 6.68. The van der Waals surface area contributed by atoms with Crippen LogP contribution in [0.2, 0.25) is 0 Å². The Bertz CT molecular complexity index is 2710. The van der Waals surface area contributed by atoms with E-state index in [4.69, 9.17) is 0 Å². The van der Waals surface area contributed by atoms with Crippen LogP contribution in [0.5, 0.6) is 0 Å². The van der Waals surface area contributed by atoms with Crippen LogP contribution in [-0.4, -0.2) is 39.2 Å². The van der Waals surface area contributed by atoms with Crippen molar-refractivity contribution in [3.8, 4) is 44.5 Å². The Morgan fingerprint density at radius 2 is 0.880 bits per heavy atom. The standard InChI is InChI=1S/C45H37B5/c1-45(2)35-17-8-7-13-28(35)29-20-18-26(23-36(29)45)37-31-14-5-6-15-32(31)39(30-16-9-11-24-10-3-4-12-27(24)30)34-22-25(19-21-33(34)37)38-40(46)42(48)44(50)43(49)41(38)47/h3-23H,46-50H2,1-2H3. The van der Waals surface area contributed by atoms with Gasteiger partial charge in [0.05, 0.1) is 0 Å². The fourth-order valence-electron chi connectivity index (χ4n) is 9.17.